The normalized spacial score (nSPS) is 16.2. The lowest BCUT2D eigenvalue weighted by atomic mass is 10.1. The number of aromatic nitrogens is 3. The van der Waals surface area contributed by atoms with Crippen molar-refractivity contribution in [3.63, 3.8) is 0 Å². The zero-order valence-electron chi connectivity index (χ0n) is 15.5. The molecule has 1 aliphatic rings. The largest absolute Gasteiger partial charge is 0.492 e. The van der Waals surface area contributed by atoms with Crippen LogP contribution in [0.15, 0.2) is 55.0 Å². The van der Waals surface area contributed by atoms with Gasteiger partial charge < -0.3 is 15.7 Å². The number of hydrogen-bond donors (Lipinski definition) is 3. The minimum Gasteiger partial charge on any atom is -0.492 e. The quantitative estimate of drug-likeness (QED) is 0.644. The van der Waals surface area contributed by atoms with Gasteiger partial charge in [-0.05, 0) is 44.5 Å². The third kappa shape index (κ3) is 3.95. The number of pyridine rings is 1. The molecule has 0 amide bonds. The van der Waals surface area contributed by atoms with Gasteiger partial charge in [-0.2, -0.15) is 5.10 Å². The van der Waals surface area contributed by atoms with Crippen molar-refractivity contribution in [1.29, 1.82) is 0 Å². The first kappa shape index (κ1) is 17.5. The summed E-state index contributed by atoms with van der Waals surface area (Å²) in [5.41, 5.74) is 3.73. The summed E-state index contributed by atoms with van der Waals surface area (Å²) in [6, 6.07) is 12.6. The second kappa shape index (κ2) is 7.80. The standard InChI is InChI=1S/C21H25N5O/c1-15(16-5-3-2-4-6-16)25-20-11-17(12-23-21(20)27)18-13-24-26(14-18)19-7-9-22-10-8-19/h2-6,11-15,19,22,25H,7-10H2,1H3,(H,23,27). The predicted octanol–water partition coefficient (Wildman–Crippen LogP) is 3.75. The molecule has 4 rings (SSSR count). The molecular formula is C21H25N5O. The lowest BCUT2D eigenvalue weighted by Crippen LogP contribution is -2.29. The maximum atomic E-state index is 10.2. The van der Waals surface area contributed by atoms with E-state index in [-0.39, 0.29) is 11.9 Å². The van der Waals surface area contributed by atoms with E-state index in [2.05, 4.69) is 50.7 Å². The van der Waals surface area contributed by atoms with Crippen LogP contribution >= 0.6 is 0 Å². The van der Waals surface area contributed by atoms with Crippen LogP contribution in [0.2, 0.25) is 0 Å². The van der Waals surface area contributed by atoms with E-state index in [9.17, 15) is 5.11 Å². The van der Waals surface area contributed by atoms with E-state index in [4.69, 9.17) is 0 Å². The highest BCUT2D eigenvalue weighted by Crippen LogP contribution is 2.31. The smallest absolute Gasteiger partial charge is 0.234 e. The summed E-state index contributed by atoms with van der Waals surface area (Å²) in [4.78, 5) is 4.17. The van der Waals surface area contributed by atoms with Gasteiger partial charge >= 0.3 is 0 Å². The highest BCUT2D eigenvalue weighted by molar-refractivity contribution is 5.68. The molecule has 2 aromatic heterocycles. The maximum Gasteiger partial charge on any atom is 0.234 e. The van der Waals surface area contributed by atoms with Crippen LogP contribution in [0.5, 0.6) is 5.88 Å². The summed E-state index contributed by atoms with van der Waals surface area (Å²) in [6.45, 7) is 4.13. The van der Waals surface area contributed by atoms with Gasteiger partial charge in [-0.3, -0.25) is 4.68 Å². The molecule has 0 spiro atoms. The molecular weight excluding hydrogens is 338 g/mol. The number of hydrogen-bond acceptors (Lipinski definition) is 5. The molecule has 0 bridgehead atoms. The average molecular weight is 363 g/mol. The molecule has 1 saturated heterocycles. The van der Waals surface area contributed by atoms with Gasteiger partial charge in [0.2, 0.25) is 5.88 Å². The SMILES string of the molecule is CC(Nc1cc(-c2cnn(C3CCNCC3)c2)cnc1O)c1ccccc1. The first-order valence-electron chi connectivity index (χ1n) is 9.46. The zero-order chi connectivity index (χ0) is 18.6. The van der Waals surface area contributed by atoms with Gasteiger partial charge in [0.25, 0.3) is 0 Å². The second-order valence-corrected chi connectivity index (χ2v) is 7.06. The van der Waals surface area contributed by atoms with Crippen molar-refractivity contribution in [2.24, 2.45) is 0 Å². The number of nitrogens with zero attached hydrogens (tertiary/aromatic N) is 3. The van der Waals surface area contributed by atoms with Crippen LogP contribution in [0.3, 0.4) is 0 Å². The molecule has 1 atom stereocenters. The number of piperidine rings is 1. The first-order chi connectivity index (χ1) is 13.2. The van der Waals surface area contributed by atoms with Crippen LogP contribution in [-0.4, -0.2) is 33.0 Å². The van der Waals surface area contributed by atoms with Crippen molar-refractivity contribution in [1.82, 2.24) is 20.1 Å². The Hall–Kier alpha value is -2.86. The van der Waals surface area contributed by atoms with Crippen LogP contribution in [0, 0.1) is 0 Å². The summed E-state index contributed by atoms with van der Waals surface area (Å²) in [7, 11) is 0. The van der Waals surface area contributed by atoms with Crippen LogP contribution < -0.4 is 10.6 Å². The number of nitrogens with one attached hydrogen (secondary N) is 2. The number of benzene rings is 1. The Morgan fingerprint density at radius 2 is 1.93 bits per heavy atom. The molecule has 140 valence electrons. The summed E-state index contributed by atoms with van der Waals surface area (Å²) >= 11 is 0. The highest BCUT2D eigenvalue weighted by Gasteiger charge is 2.17. The Morgan fingerprint density at radius 3 is 2.70 bits per heavy atom. The number of rotatable bonds is 5. The van der Waals surface area contributed by atoms with Crippen LogP contribution in [0.25, 0.3) is 11.1 Å². The molecule has 0 radical (unpaired) electrons. The van der Waals surface area contributed by atoms with E-state index >= 15 is 0 Å². The lowest BCUT2D eigenvalue weighted by molar-refractivity contribution is 0.343. The molecule has 1 unspecified atom stereocenters. The highest BCUT2D eigenvalue weighted by atomic mass is 16.3. The fraction of sp³-hybridized carbons (Fsp3) is 0.333. The monoisotopic (exact) mass is 363 g/mol. The van der Waals surface area contributed by atoms with Crippen LogP contribution in [0.1, 0.15) is 37.4 Å². The molecule has 1 fully saturated rings. The lowest BCUT2D eigenvalue weighted by Gasteiger charge is -2.22. The molecule has 0 aliphatic carbocycles. The van der Waals surface area contributed by atoms with Crippen molar-refractivity contribution in [3.05, 3.63) is 60.6 Å². The van der Waals surface area contributed by atoms with E-state index in [1.807, 2.05) is 30.5 Å². The fourth-order valence-electron chi connectivity index (χ4n) is 3.54. The Kier molecular flexibility index (Phi) is 5.07. The molecule has 1 aliphatic heterocycles. The third-order valence-electron chi connectivity index (χ3n) is 5.16. The van der Waals surface area contributed by atoms with Gasteiger partial charge in [0.05, 0.1) is 17.9 Å². The third-order valence-corrected chi connectivity index (χ3v) is 5.16. The molecule has 3 heterocycles. The van der Waals surface area contributed by atoms with E-state index in [1.54, 1.807) is 6.20 Å². The minimum absolute atomic E-state index is 0.00674. The Bertz CT molecular complexity index is 887. The first-order valence-corrected chi connectivity index (χ1v) is 9.46. The zero-order valence-corrected chi connectivity index (χ0v) is 15.5. The van der Waals surface area contributed by atoms with Gasteiger partial charge in [0, 0.05) is 29.6 Å². The second-order valence-electron chi connectivity index (χ2n) is 7.06. The summed E-state index contributed by atoms with van der Waals surface area (Å²) in [5.74, 6) is 0.00674. The van der Waals surface area contributed by atoms with Gasteiger partial charge in [0.1, 0.15) is 0 Å². The topological polar surface area (TPSA) is 75.0 Å². The van der Waals surface area contributed by atoms with E-state index in [1.165, 1.54) is 0 Å². The predicted molar refractivity (Wildman–Crippen MR) is 107 cm³/mol. The Labute approximate surface area is 159 Å². The van der Waals surface area contributed by atoms with Crippen molar-refractivity contribution < 1.29 is 5.11 Å². The summed E-state index contributed by atoms with van der Waals surface area (Å²) in [5, 5.41) is 21.5. The molecule has 6 nitrogen and oxygen atoms in total. The molecule has 0 saturated carbocycles. The van der Waals surface area contributed by atoms with Gasteiger partial charge in [-0.1, -0.05) is 30.3 Å². The number of anilines is 1. The maximum absolute atomic E-state index is 10.2. The van der Waals surface area contributed by atoms with Crippen molar-refractivity contribution in [2.75, 3.05) is 18.4 Å². The average Bonchev–Trinajstić information content (AvgIpc) is 3.21. The van der Waals surface area contributed by atoms with Crippen molar-refractivity contribution in [2.45, 2.75) is 31.8 Å². The fourth-order valence-corrected chi connectivity index (χ4v) is 3.54. The minimum atomic E-state index is 0.00674. The molecule has 3 aromatic rings. The van der Waals surface area contributed by atoms with E-state index < -0.39 is 0 Å². The summed E-state index contributed by atoms with van der Waals surface area (Å²) < 4.78 is 2.06. The molecule has 1 aromatic carbocycles. The van der Waals surface area contributed by atoms with Crippen LogP contribution in [-0.2, 0) is 0 Å². The summed E-state index contributed by atoms with van der Waals surface area (Å²) in [6.07, 6.45) is 7.83. The Balaban J connectivity index is 1.54. The van der Waals surface area contributed by atoms with Gasteiger partial charge in [-0.15, -0.1) is 0 Å². The molecule has 3 N–H and O–H groups in total. The van der Waals surface area contributed by atoms with Gasteiger partial charge in [-0.25, -0.2) is 4.98 Å². The van der Waals surface area contributed by atoms with E-state index in [0.717, 1.165) is 42.6 Å². The molecule has 6 heteroatoms. The Morgan fingerprint density at radius 1 is 1.15 bits per heavy atom. The van der Waals surface area contributed by atoms with Crippen molar-refractivity contribution >= 4 is 5.69 Å². The van der Waals surface area contributed by atoms with E-state index in [0.29, 0.717) is 11.7 Å². The molecule has 27 heavy (non-hydrogen) atoms. The number of aromatic hydroxyl groups is 1. The van der Waals surface area contributed by atoms with Crippen LogP contribution in [0.4, 0.5) is 5.69 Å². The van der Waals surface area contributed by atoms with Gasteiger partial charge in [0.15, 0.2) is 0 Å². The van der Waals surface area contributed by atoms with Crippen molar-refractivity contribution in [3.8, 4) is 17.0 Å².